The van der Waals surface area contributed by atoms with Gasteiger partial charge in [-0.25, -0.2) is 9.59 Å². The molecule has 0 aliphatic rings. The van der Waals surface area contributed by atoms with Crippen LogP contribution in [0, 0.1) is 0 Å². The highest BCUT2D eigenvalue weighted by Gasteiger charge is 2.16. The monoisotopic (exact) mass is 473 g/mol. The number of halogens is 3. The lowest BCUT2D eigenvalue weighted by molar-refractivity contribution is 0.0584. The summed E-state index contributed by atoms with van der Waals surface area (Å²) in [5.41, 5.74) is 0.400. The average molecular weight is 475 g/mol. The van der Waals surface area contributed by atoms with Crippen LogP contribution in [-0.2, 0) is 16.5 Å². The number of rotatable bonds is 4. The fourth-order valence-electron chi connectivity index (χ4n) is 1.91. The maximum atomic E-state index is 11.5. The first kappa shape index (κ1) is 23.3. The molecule has 11 nitrogen and oxygen atoms in total. The molecular formula is C16H14Cl3N7O4. The first-order valence-corrected chi connectivity index (χ1v) is 9.03. The third-order valence-electron chi connectivity index (χ3n) is 3.22. The van der Waals surface area contributed by atoms with Crippen LogP contribution < -0.4 is 5.32 Å². The molecule has 3 aromatic heterocycles. The van der Waals surface area contributed by atoms with Gasteiger partial charge in [-0.3, -0.25) is 4.68 Å². The van der Waals surface area contributed by atoms with Gasteiger partial charge in [-0.2, -0.15) is 5.10 Å². The second kappa shape index (κ2) is 10.7. The lowest BCUT2D eigenvalue weighted by Gasteiger charge is -2.07. The molecule has 0 unspecified atom stereocenters. The number of ether oxygens (including phenoxy) is 2. The van der Waals surface area contributed by atoms with Crippen molar-refractivity contribution in [2.75, 3.05) is 19.5 Å². The normalized spacial score (nSPS) is 9.93. The third-order valence-corrected chi connectivity index (χ3v) is 3.87. The Hall–Kier alpha value is -3.02. The second-order valence-corrected chi connectivity index (χ2v) is 6.46. The molecule has 0 atom stereocenters. The van der Waals surface area contributed by atoms with Gasteiger partial charge in [0.25, 0.3) is 0 Å². The van der Waals surface area contributed by atoms with Gasteiger partial charge in [0.05, 0.1) is 24.9 Å². The minimum absolute atomic E-state index is 0.0384. The van der Waals surface area contributed by atoms with Crippen LogP contribution >= 0.6 is 34.8 Å². The predicted octanol–water partition coefficient (Wildman–Crippen LogP) is 2.96. The summed E-state index contributed by atoms with van der Waals surface area (Å²) in [6.45, 7) is 0. The highest BCUT2D eigenvalue weighted by atomic mass is 35.5. The van der Waals surface area contributed by atoms with E-state index in [2.05, 4.69) is 40.3 Å². The zero-order valence-corrected chi connectivity index (χ0v) is 18.0. The Morgan fingerprint density at radius 3 is 2.03 bits per heavy atom. The standard InChI is InChI=1S/C10H10ClN5O2.C6H4Cl2N2O2/c1-16-4-3-8(15-16)12-6-5-7(11)13-14-9(6)10(17)18-2;1-12-6(11)5-3(7)2-4(8)9-10-5/h3-5H,1-2H3,(H,12,13,15);2H,1H3. The number of esters is 2. The molecule has 0 aliphatic heterocycles. The number of hydrogen-bond donors (Lipinski definition) is 1. The van der Waals surface area contributed by atoms with Crippen LogP contribution in [0.1, 0.15) is 21.0 Å². The second-order valence-electron chi connectivity index (χ2n) is 5.28. The zero-order valence-electron chi connectivity index (χ0n) is 15.8. The molecule has 158 valence electrons. The Labute approximate surface area is 185 Å². The minimum atomic E-state index is -0.635. The van der Waals surface area contributed by atoms with Gasteiger partial charge in [-0.15, -0.1) is 20.4 Å². The topological polar surface area (TPSA) is 134 Å². The van der Waals surface area contributed by atoms with Gasteiger partial charge in [0.15, 0.2) is 27.5 Å². The molecule has 3 heterocycles. The zero-order chi connectivity index (χ0) is 22.3. The van der Waals surface area contributed by atoms with E-state index >= 15 is 0 Å². The summed E-state index contributed by atoms with van der Waals surface area (Å²) in [4.78, 5) is 22.4. The number of aryl methyl sites for hydroxylation is 1. The van der Waals surface area contributed by atoms with Gasteiger partial charge in [0, 0.05) is 25.4 Å². The van der Waals surface area contributed by atoms with Crippen molar-refractivity contribution in [1.29, 1.82) is 0 Å². The lowest BCUT2D eigenvalue weighted by atomic mass is 10.3. The van der Waals surface area contributed by atoms with Crippen molar-refractivity contribution in [1.82, 2.24) is 30.2 Å². The fourth-order valence-corrected chi connectivity index (χ4v) is 2.48. The van der Waals surface area contributed by atoms with Crippen LogP contribution in [0.15, 0.2) is 24.4 Å². The van der Waals surface area contributed by atoms with Crippen LogP contribution in [0.3, 0.4) is 0 Å². The number of carbonyl (C=O) groups is 2. The smallest absolute Gasteiger partial charge is 0.360 e. The molecule has 0 saturated carbocycles. The molecule has 0 radical (unpaired) electrons. The quantitative estimate of drug-likeness (QED) is 0.562. The molecule has 3 rings (SSSR count). The van der Waals surface area contributed by atoms with Gasteiger partial charge in [0.1, 0.15) is 0 Å². The van der Waals surface area contributed by atoms with E-state index in [1.807, 2.05) is 0 Å². The molecule has 0 aromatic carbocycles. The van der Waals surface area contributed by atoms with Crippen LogP contribution in [0.2, 0.25) is 15.3 Å². The maximum Gasteiger partial charge on any atom is 0.360 e. The highest BCUT2D eigenvalue weighted by Crippen LogP contribution is 2.21. The molecule has 0 spiro atoms. The van der Waals surface area contributed by atoms with E-state index in [1.54, 1.807) is 24.0 Å². The van der Waals surface area contributed by atoms with Gasteiger partial charge in [-0.1, -0.05) is 34.8 Å². The Morgan fingerprint density at radius 1 is 0.933 bits per heavy atom. The number of nitrogens with zero attached hydrogens (tertiary/aromatic N) is 6. The molecule has 0 aliphatic carbocycles. The molecule has 30 heavy (non-hydrogen) atoms. The van der Waals surface area contributed by atoms with Crippen LogP contribution in [0.25, 0.3) is 0 Å². The number of nitrogens with one attached hydrogen (secondary N) is 1. The Balaban J connectivity index is 0.000000232. The van der Waals surface area contributed by atoms with Crippen molar-refractivity contribution < 1.29 is 19.1 Å². The van der Waals surface area contributed by atoms with Gasteiger partial charge >= 0.3 is 11.9 Å². The third kappa shape index (κ3) is 6.24. The van der Waals surface area contributed by atoms with Crippen molar-refractivity contribution in [2.24, 2.45) is 7.05 Å². The van der Waals surface area contributed by atoms with E-state index < -0.39 is 11.9 Å². The average Bonchev–Trinajstić information content (AvgIpc) is 3.12. The van der Waals surface area contributed by atoms with Crippen molar-refractivity contribution in [3.8, 4) is 0 Å². The molecule has 0 saturated heterocycles. The van der Waals surface area contributed by atoms with Crippen molar-refractivity contribution in [2.45, 2.75) is 0 Å². The summed E-state index contributed by atoms with van der Waals surface area (Å²) >= 11 is 16.8. The summed E-state index contributed by atoms with van der Waals surface area (Å²) in [5.74, 6) is -0.673. The molecule has 14 heteroatoms. The highest BCUT2D eigenvalue weighted by molar-refractivity contribution is 6.35. The maximum absolute atomic E-state index is 11.5. The largest absolute Gasteiger partial charge is 0.464 e. The summed E-state index contributed by atoms with van der Waals surface area (Å²) in [5, 5.41) is 21.7. The number of carbonyl (C=O) groups excluding carboxylic acids is 2. The van der Waals surface area contributed by atoms with E-state index in [-0.39, 0.29) is 26.7 Å². The molecule has 0 amide bonds. The number of methoxy groups -OCH3 is 2. The molecule has 0 bridgehead atoms. The predicted molar refractivity (Wildman–Crippen MR) is 108 cm³/mol. The summed E-state index contributed by atoms with van der Waals surface area (Å²) in [6.07, 6.45) is 1.76. The molecule has 3 aromatic rings. The fraction of sp³-hybridized carbons (Fsp3) is 0.188. The molecular weight excluding hydrogens is 461 g/mol. The van der Waals surface area contributed by atoms with Gasteiger partial charge in [-0.05, 0) is 6.07 Å². The Bertz CT molecular complexity index is 1060. The lowest BCUT2D eigenvalue weighted by Crippen LogP contribution is -2.10. The van der Waals surface area contributed by atoms with Crippen LogP contribution in [-0.4, -0.2) is 56.3 Å². The van der Waals surface area contributed by atoms with Gasteiger partial charge < -0.3 is 14.8 Å². The van der Waals surface area contributed by atoms with Crippen LogP contribution in [0.4, 0.5) is 11.5 Å². The van der Waals surface area contributed by atoms with E-state index in [4.69, 9.17) is 34.8 Å². The van der Waals surface area contributed by atoms with Crippen molar-refractivity contribution in [3.05, 3.63) is 51.1 Å². The van der Waals surface area contributed by atoms with E-state index in [1.165, 1.54) is 26.4 Å². The molecule has 1 N–H and O–H groups in total. The van der Waals surface area contributed by atoms with Gasteiger partial charge in [0.2, 0.25) is 0 Å². The number of aromatic nitrogens is 6. The number of hydrogen-bond acceptors (Lipinski definition) is 10. The number of anilines is 2. The Morgan fingerprint density at radius 2 is 1.50 bits per heavy atom. The van der Waals surface area contributed by atoms with E-state index in [0.29, 0.717) is 11.5 Å². The SMILES string of the molecule is COC(=O)c1nnc(Cl)cc1Cl.COC(=O)c1nnc(Cl)cc1Nc1ccn(C)n1. The van der Waals surface area contributed by atoms with Crippen LogP contribution in [0.5, 0.6) is 0 Å². The summed E-state index contributed by atoms with van der Waals surface area (Å²) < 4.78 is 10.6. The van der Waals surface area contributed by atoms with E-state index in [0.717, 1.165) is 0 Å². The van der Waals surface area contributed by atoms with E-state index in [9.17, 15) is 9.59 Å². The first-order chi connectivity index (χ1) is 14.2. The minimum Gasteiger partial charge on any atom is -0.464 e. The first-order valence-electron chi connectivity index (χ1n) is 7.90. The van der Waals surface area contributed by atoms with Crippen molar-refractivity contribution >= 4 is 58.2 Å². The summed E-state index contributed by atoms with van der Waals surface area (Å²) in [7, 11) is 4.28. The summed E-state index contributed by atoms with van der Waals surface area (Å²) in [6, 6.07) is 4.55. The molecule has 0 fully saturated rings. The Kier molecular flexibility index (Phi) is 8.27. The van der Waals surface area contributed by atoms with Crippen molar-refractivity contribution in [3.63, 3.8) is 0 Å².